The van der Waals surface area contributed by atoms with Crippen LogP contribution in [0.15, 0.2) is 30.6 Å². The van der Waals surface area contributed by atoms with Crippen molar-refractivity contribution in [2.75, 3.05) is 5.32 Å². The number of imidazole rings is 1. The minimum atomic E-state index is -0.233. The van der Waals surface area contributed by atoms with Crippen LogP contribution in [0.2, 0.25) is 0 Å². The van der Waals surface area contributed by atoms with Gasteiger partial charge in [-0.25, -0.2) is 9.67 Å². The van der Waals surface area contributed by atoms with Gasteiger partial charge in [0.2, 0.25) is 5.95 Å². The molecule has 1 aromatic carbocycles. The Kier molecular flexibility index (Phi) is 2.71. The molecule has 3 rings (SSSR count). The van der Waals surface area contributed by atoms with Crippen molar-refractivity contribution in [2.24, 2.45) is 0 Å². The van der Waals surface area contributed by atoms with Gasteiger partial charge in [-0.05, 0) is 25.1 Å². The van der Waals surface area contributed by atoms with E-state index in [4.69, 9.17) is 0 Å². The average Bonchev–Trinajstić information content (AvgIpc) is 3.06. The van der Waals surface area contributed by atoms with E-state index in [0.717, 1.165) is 12.1 Å². The van der Waals surface area contributed by atoms with Gasteiger partial charge >= 0.3 is 0 Å². The summed E-state index contributed by atoms with van der Waals surface area (Å²) in [5, 5.41) is 10.7. The van der Waals surface area contributed by atoms with Gasteiger partial charge in [0.25, 0.3) is 5.91 Å². The quantitative estimate of drug-likeness (QED) is 0.741. The topological polar surface area (TPSA) is 88.5 Å². The number of rotatable bonds is 3. The molecule has 0 saturated carbocycles. The number of nitrogens with one attached hydrogen (secondary N) is 2. The molecule has 96 valence electrons. The molecule has 1 amide bonds. The van der Waals surface area contributed by atoms with Crippen molar-refractivity contribution >= 4 is 22.9 Å². The lowest BCUT2D eigenvalue weighted by Gasteiger charge is -2.02. The van der Waals surface area contributed by atoms with E-state index in [1.807, 2.05) is 13.0 Å². The smallest absolute Gasteiger partial charge is 0.258 e. The van der Waals surface area contributed by atoms with Gasteiger partial charge in [0, 0.05) is 24.5 Å². The lowest BCUT2D eigenvalue weighted by molar-refractivity contribution is 0.102. The van der Waals surface area contributed by atoms with Gasteiger partial charge in [0.15, 0.2) is 0 Å². The van der Waals surface area contributed by atoms with Crippen LogP contribution >= 0.6 is 0 Å². The summed E-state index contributed by atoms with van der Waals surface area (Å²) in [7, 11) is 0. The van der Waals surface area contributed by atoms with E-state index < -0.39 is 0 Å². The van der Waals surface area contributed by atoms with Crippen molar-refractivity contribution < 1.29 is 4.79 Å². The maximum Gasteiger partial charge on any atom is 0.258 e. The number of nitrogens with zero attached hydrogens (tertiary/aromatic N) is 4. The molecule has 0 atom stereocenters. The van der Waals surface area contributed by atoms with Gasteiger partial charge in [-0.1, -0.05) is 5.21 Å². The molecule has 0 unspecified atom stereocenters. The Bertz CT molecular complexity index is 715. The monoisotopic (exact) mass is 256 g/mol. The van der Waals surface area contributed by atoms with Crippen LogP contribution in [0.3, 0.4) is 0 Å². The summed E-state index contributed by atoms with van der Waals surface area (Å²) >= 11 is 0. The van der Waals surface area contributed by atoms with Crippen LogP contribution in [0, 0.1) is 0 Å². The zero-order valence-corrected chi connectivity index (χ0v) is 10.3. The third kappa shape index (κ3) is 2.05. The number of anilines is 1. The number of amides is 1. The molecule has 0 spiro atoms. The lowest BCUT2D eigenvalue weighted by atomic mass is 10.2. The van der Waals surface area contributed by atoms with E-state index in [0.29, 0.717) is 17.0 Å². The van der Waals surface area contributed by atoms with Crippen molar-refractivity contribution in [3.63, 3.8) is 0 Å². The first-order valence-electron chi connectivity index (χ1n) is 5.92. The fraction of sp³-hybridized carbons (Fsp3) is 0.167. The number of hydrogen-bond acceptors (Lipinski definition) is 4. The molecule has 0 aliphatic heterocycles. The minimum Gasteiger partial charge on any atom is -0.331 e. The number of aromatic nitrogens is 5. The lowest BCUT2D eigenvalue weighted by Crippen LogP contribution is -2.12. The molecule has 0 radical (unpaired) electrons. The fourth-order valence-corrected chi connectivity index (χ4v) is 1.86. The predicted molar refractivity (Wildman–Crippen MR) is 69.7 cm³/mol. The summed E-state index contributed by atoms with van der Waals surface area (Å²) in [5.41, 5.74) is 2.14. The fourth-order valence-electron chi connectivity index (χ4n) is 1.86. The number of aromatic amines is 1. The Morgan fingerprint density at radius 1 is 1.47 bits per heavy atom. The Labute approximate surface area is 108 Å². The maximum atomic E-state index is 12.0. The molecule has 3 aromatic rings. The number of carbonyl (C=O) groups is 1. The zero-order chi connectivity index (χ0) is 13.2. The molecule has 0 bridgehead atoms. The first kappa shape index (κ1) is 11.4. The molecule has 7 nitrogen and oxygen atoms in total. The molecular formula is C12H12N6O. The third-order valence-corrected chi connectivity index (χ3v) is 2.81. The van der Waals surface area contributed by atoms with E-state index in [-0.39, 0.29) is 5.91 Å². The standard InChI is InChI=1S/C12H12N6O/c1-2-18-10-4-3-8(7-9(10)16-17-18)11(19)15-12-13-5-6-14-12/h3-7H,2H2,1H3,(H2,13,14,15,19). The number of H-pyrrole nitrogens is 1. The van der Waals surface area contributed by atoms with Crippen LogP contribution in [0.25, 0.3) is 11.0 Å². The molecule has 2 aromatic heterocycles. The van der Waals surface area contributed by atoms with E-state index in [2.05, 4.69) is 25.6 Å². The second-order valence-corrected chi connectivity index (χ2v) is 4.00. The summed E-state index contributed by atoms with van der Waals surface area (Å²) in [6.45, 7) is 2.74. The largest absolute Gasteiger partial charge is 0.331 e. The molecule has 2 heterocycles. The number of benzene rings is 1. The number of fused-ring (bicyclic) bond motifs is 1. The summed E-state index contributed by atoms with van der Waals surface area (Å²) < 4.78 is 1.78. The second-order valence-electron chi connectivity index (χ2n) is 4.00. The molecule has 2 N–H and O–H groups in total. The predicted octanol–water partition coefficient (Wildman–Crippen LogP) is 1.43. The highest BCUT2D eigenvalue weighted by molar-refractivity contribution is 6.05. The Morgan fingerprint density at radius 3 is 3.11 bits per heavy atom. The number of carbonyl (C=O) groups excluding carboxylic acids is 1. The highest BCUT2D eigenvalue weighted by Crippen LogP contribution is 2.14. The van der Waals surface area contributed by atoms with Crippen LogP contribution in [0.5, 0.6) is 0 Å². The Morgan fingerprint density at radius 2 is 2.37 bits per heavy atom. The van der Waals surface area contributed by atoms with Gasteiger partial charge in [-0.2, -0.15) is 0 Å². The van der Waals surface area contributed by atoms with E-state index in [1.165, 1.54) is 0 Å². The van der Waals surface area contributed by atoms with Crippen molar-refractivity contribution in [1.82, 2.24) is 25.0 Å². The molecular weight excluding hydrogens is 244 g/mol. The Hall–Kier alpha value is -2.70. The first-order valence-corrected chi connectivity index (χ1v) is 5.92. The summed E-state index contributed by atoms with van der Waals surface area (Å²) in [5.74, 6) is 0.185. The van der Waals surface area contributed by atoms with Gasteiger partial charge in [-0.15, -0.1) is 5.10 Å². The summed E-state index contributed by atoms with van der Waals surface area (Å²) in [6.07, 6.45) is 3.22. The van der Waals surface area contributed by atoms with Crippen molar-refractivity contribution in [3.05, 3.63) is 36.2 Å². The highest BCUT2D eigenvalue weighted by atomic mass is 16.1. The normalized spacial score (nSPS) is 10.8. The maximum absolute atomic E-state index is 12.0. The number of aryl methyl sites for hydroxylation is 1. The van der Waals surface area contributed by atoms with Crippen LogP contribution in [-0.4, -0.2) is 30.9 Å². The van der Waals surface area contributed by atoms with Gasteiger partial charge in [0.1, 0.15) is 5.52 Å². The van der Waals surface area contributed by atoms with Crippen LogP contribution in [0.4, 0.5) is 5.95 Å². The van der Waals surface area contributed by atoms with Crippen molar-refractivity contribution in [2.45, 2.75) is 13.5 Å². The number of hydrogen-bond donors (Lipinski definition) is 2. The van der Waals surface area contributed by atoms with E-state index in [9.17, 15) is 4.79 Å². The molecule has 7 heteroatoms. The van der Waals surface area contributed by atoms with Crippen LogP contribution in [-0.2, 0) is 6.54 Å². The van der Waals surface area contributed by atoms with Gasteiger partial charge < -0.3 is 4.98 Å². The Balaban J connectivity index is 1.90. The second kappa shape index (κ2) is 4.52. The first-order chi connectivity index (χ1) is 9.28. The van der Waals surface area contributed by atoms with Gasteiger partial charge in [0.05, 0.1) is 5.52 Å². The van der Waals surface area contributed by atoms with Gasteiger partial charge in [-0.3, -0.25) is 10.1 Å². The molecule has 0 aliphatic carbocycles. The van der Waals surface area contributed by atoms with E-state index >= 15 is 0 Å². The van der Waals surface area contributed by atoms with Crippen LogP contribution in [0.1, 0.15) is 17.3 Å². The SMILES string of the molecule is CCn1nnc2cc(C(=O)Nc3ncc[nH]3)ccc21. The average molecular weight is 256 g/mol. The van der Waals surface area contributed by atoms with Crippen molar-refractivity contribution in [3.8, 4) is 0 Å². The summed E-state index contributed by atoms with van der Waals surface area (Å²) in [6, 6.07) is 5.30. The molecule has 0 aliphatic rings. The molecule has 0 saturated heterocycles. The molecule has 0 fully saturated rings. The third-order valence-electron chi connectivity index (χ3n) is 2.81. The minimum absolute atomic E-state index is 0.233. The highest BCUT2D eigenvalue weighted by Gasteiger charge is 2.10. The summed E-state index contributed by atoms with van der Waals surface area (Å²) in [4.78, 5) is 18.8. The van der Waals surface area contributed by atoms with Crippen LogP contribution < -0.4 is 5.32 Å². The van der Waals surface area contributed by atoms with Crippen molar-refractivity contribution in [1.29, 1.82) is 0 Å². The van der Waals surface area contributed by atoms with E-state index in [1.54, 1.807) is 29.2 Å². The zero-order valence-electron chi connectivity index (χ0n) is 10.3. The molecule has 19 heavy (non-hydrogen) atoms.